The Morgan fingerprint density at radius 2 is 2.15 bits per heavy atom. The highest BCUT2D eigenvalue weighted by Gasteiger charge is 2.12. The van der Waals surface area contributed by atoms with E-state index in [0.29, 0.717) is 4.83 Å². The molecule has 0 aromatic carbocycles. The van der Waals surface area contributed by atoms with Gasteiger partial charge in [-0.2, -0.15) is 0 Å². The number of rotatable bonds is 2. The summed E-state index contributed by atoms with van der Waals surface area (Å²) in [7, 11) is 0. The average molecular weight is 260 g/mol. The molecule has 0 N–H and O–H groups in total. The van der Waals surface area contributed by atoms with E-state index >= 15 is 0 Å². The van der Waals surface area contributed by atoms with E-state index < -0.39 is 0 Å². The molecule has 0 aliphatic heterocycles. The highest BCUT2D eigenvalue weighted by Crippen LogP contribution is 2.30. The van der Waals surface area contributed by atoms with Gasteiger partial charge in [-0.15, -0.1) is 11.3 Å². The van der Waals surface area contributed by atoms with Crippen molar-refractivity contribution in [1.29, 1.82) is 0 Å². The van der Waals surface area contributed by atoms with Crippen molar-refractivity contribution in [3.8, 4) is 0 Å². The number of hydrogen-bond acceptors (Lipinski definition) is 2. The first kappa shape index (κ1) is 10.9. The molecule has 1 aromatic heterocycles. The molecular weight excluding hydrogens is 246 g/mol. The Hall–Kier alpha value is -0.150. The summed E-state index contributed by atoms with van der Waals surface area (Å²) in [6.07, 6.45) is 2.15. The third-order valence-electron chi connectivity index (χ3n) is 1.91. The molecule has 1 atom stereocenters. The van der Waals surface area contributed by atoms with Crippen molar-refractivity contribution in [3.05, 3.63) is 21.7 Å². The van der Waals surface area contributed by atoms with Crippen LogP contribution in [0.15, 0.2) is 6.08 Å². The topological polar surface area (TPSA) is 12.9 Å². The molecule has 1 aromatic rings. The Morgan fingerprint density at radius 1 is 1.54 bits per heavy atom. The van der Waals surface area contributed by atoms with Gasteiger partial charge in [0.15, 0.2) is 0 Å². The molecule has 3 heteroatoms. The number of aromatic nitrogens is 1. The first-order valence-electron chi connectivity index (χ1n) is 4.31. The van der Waals surface area contributed by atoms with Gasteiger partial charge in [0.2, 0.25) is 0 Å². The maximum Gasteiger partial charge on any atom is 0.0903 e. The van der Waals surface area contributed by atoms with Gasteiger partial charge in [0.1, 0.15) is 0 Å². The zero-order valence-electron chi connectivity index (χ0n) is 8.39. The molecule has 0 bridgehead atoms. The standard InChI is InChI=1S/C10H14BrNS/c1-5-9(6(2)11)10-7(3)12-8(4)13-10/h5-6H,1-4H3/b9-5-. The lowest BCUT2D eigenvalue weighted by Crippen LogP contribution is -1.94. The SMILES string of the molecule is C/C=C(\c1sc(C)nc1C)C(C)Br. The van der Waals surface area contributed by atoms with Crippen LogP contribution in [0.1, 0.15) is 29.4 Å². The smallest absolute Gasteiger partial charge is 0.0903 e. The summed E-state index contributed by atoms with van der Waals surface area (Å²) >= 11 is 5.36. The number of thiazole rings is 1. The van der Waals surface area contributed by atoms with E-state index in [1.807, 2.05) is 6.92 Å². The predicted octanol–water partition coefficient (Wildman–Crippen LogP) is 3.95. The average Bonchev–Trinajstić information content (AvgIpc) is 2.31. The molecule has 72 valence electrons. The first-order chi connectivity index (χ1) is 6.06. The number of halogens is 1. The van der Waals surface area contributed by atoms with Crippen molar-refractivity contribution in [2.24, 2.45) is 0 Å². The number of aryl methyl sites for hydroxylation is 2. The molecule has 1 nitrogen and oxygen atoms in total. The van der Waals surface area contributed by atoms with Crippen LogP contribution in [0.2, 0.25) is 0 Å². The van der Waals surface area contributed by atoms with Gasteiger partial charge in [0, 0.05) is 4.83 Å². The minimum Gasteiger partial charge on any atom is -0.246 e. The number of alkyl halides is 1. The molecule has 0 saturated heterocycles. The normalized spacial score (nSPS) is 14.7. The van der Waals surface area contributed by atoms with Gasteiger partial charge < -0.3 is 0 Å². The molecule has 1 heterocycles. The van der Waals surface area contributed by atoms with Gasteiger partial charge in [0.25, 0.3) is 0 Å². The second kappa shape index (κ2) is 4.38. The third-order valence-corrected chi connectivity index (χ3v) is 3.52. The lowest BCUT2D eigenvalue weighted by Gasteiger charge is -2.07. The molecule has 0 saturated carbocycles. The van der Waals surface area contributed by atoms with Crippen LogP contribution in [-0.4, -0.2) is 9.81 Å². The largest absolute Gasteiger partial charge is 0.246 e. The maximum atomic E-state index is 4.42. The molecule has 1 unspecified atom stereocenters. The van der Waals surface area contributed by atoms with Gasteiger partial charge in [0.05, 0.1) is 15.6 Å². The number of hydrogen-bond donors (Lipinski definition) is 0. The summed E-state index contributed by atoms with van der Waals surface area (Å²) < 4.78 is 0. The molecule has 13 heavy (non-hydrogen) atoms. The predicted molar refractivity (Wildman–Crippen MR) is 63.6 cm³/mol. The minimum absolute atomic E-state index is 0.399. The molecule has 0 fully saturated rings. The number of allylic oxidation sites excluding steroid dienone is 2. The zero-order valence-corrected chi connectivity index (χ0v) is 10.8. The van der Waals surface area contributed by atoms with Crippen molar-refractivity contribution < 1.29 is 0 Å². The fourth-order valence-electron chi connectivity index (χ4n) is 1.34. The van der Waals surface area contributed by atoms with Gasteiger partial charge in [-0.25, -0.2) is 4.98 Å². The van der Waals surface area contributed by atoms with E-state index in [4.69, 9.17) is 0 Å². The van der Waals surface area contributed by atoms with Gasteiger partial charge in [-0.05, 0) is 33.3 Å². The van der Waals surface area contributed by atoms with E-state index in [2.05, 4.69) is 47.8 Å². The third kappa shape index (κ3) is 2.41. The number of nitrogens with zero attached hydrogens (tertiary/aromatic N) is 1. The highest BCUT2D eigenvalue weighted by molar-refractivity contribution is 9.09. The maximum absolute atomic E-state index is 4.42. The molecule has 0 radical (unpaired) electrons. The summed E-state index contributed by atoms with van der Waals surface area (Å²) in [5.41, 5.74) is 2.48. The monoisotopic (exact) mass is 259 g/mol. The van der Waals surface area contributed by atoms with Crippen molar-refractivity contribution in [2.75, 3.05) is 0 Å². The molecule has 0 amide bonds. The fraction of sp³-hybridized carbons (Fsp3) is 0.500. The van der Waals surface area contributed by atoms with Crippen molar-refractivity contribution in [1.82, 2.24) is 4.98 Å². The Bertz CT molecular complexity index is 326. The van der Waals surface area contributed by atoms with Crippen molar-refractivity contribution in [2.45, 2.75) is 32.5 Å². The molecule has 0 aliphatic rings. The summed E-state index contributed by atoms with van der Waals surface area (Å²) in [5.74, 6) is 0. The van der Waals surface area contributed by atoms with E-state index in [0.717, 1.165) is 10.7 Å². The molecule has 1 rings (SSSR count). The Kier molecular flexibility index (Phi) is 3.68. The zero-order chi connectivity index (χ0) is 10.0. The van der Waals surface area contributed by atoms with E-state index in [1.54, 1.807) is 11.3 Å². The molecular formula is C10H14BrNS. The second-order valence-corrected chi connectivity index (χ2v) is 5.58. The van der Waals surface area contributed by atoms with Crippen molar-refractivity contribution in [3.63, 3.8) is 0 Å². The van der Waals surface area contributed by atoms with Gasteiger partial charge in [-0.3, -0.25) is 0 Å². The van der Waals surface area contributed by atoms with Crippen LogP contribution in [-0.2, 0) is 0 Å². The quantitative estimate of drug-likeness (QED) is 0.734. The fourth-order valence-corrected chi connectivity index (χ4v) is 3.07. The van der Waals surface area contributed by atoms with E-state index in [-0.39, 0.29) is 0 Å². The van der Waals surface area contributed by atoms with E-state index in [1.165, 1.54) is 10.5 Å². The van der Waals surface area contributed by atoms with Crippen LogP contribution in [0.25, 0.3) is 5.57 Å². The van der Waals surface area contributed by atoms with E-state index in [9.17, 15) is 0 Å². The second-order valence-electron chi connectivity index (χ2n) is 3.01. The minimum atomic E-state index is 0.399. The highest BCUT2D eigenvalue weighted by atomic mass is 79.9. The molecule has 0 spiro atoms. The van der Waals surface area contributed by atoms with Crippen LogP contribution < -0.4 is 0 Å². The van der Waals surface area contributed by atoms with Crippen LogP contribution in [0.3, 0.4) is 0 Å². The lowest BCUT2D eigenvalue weighted by atomic mass is 10.1. The van der Waals surface area contributed by atoms with Crippen LogP contribution in [0.4, 0.5) is 0 Å². The van der Waals surface area contributed by atoms with Gasteiger partial charge in [-0.1, -0.05) is 22.0 Å². The first-order valence-corrected chi connectivity index (χ1v) is 6.04. The summed E-state index contributed by atoms with van der Waals surface area (Å²) in [5, 5.41) is 1.14. The Morgan fingerprint density at radius 3 is 2.46 bits per heavy atom. The van der Waals surface area contributed by atoms with Crippen LogP contribution >= 0.6 is 27.3 Å². The van der Waals surface area contributed by atoms with Gasteiger partial charge >= 0.3 is 0 Å². The van der Waals surface area contributed by atoms with Crippen LogP contribution in [0.5, 0.6) is 0 Å². The Labute approximate surface area is 92.0 Å². The Balaban J connectivity index is 3.13. The van der Waals surface area contributed by atoms with Crippen molar-refractivity contribution >= 4 is 32.8 Å². The summed E-state index contributed by atoms with van der Waals surface area (Å²) in [6, 6.07) is 0. The van der Waals surface area contributed by atoms with Crippen LogP contribution in [0, 0.1) is 13.8 Å². The summed E-state index contributed by atoms with van der Waals surface area (Å²) in [6.45, 7) is 8.33. The molecule has 0 aliphatic carbocycles. The summed E-state index contributed by atoms with van der Waals surface area (Å²) in [4.78, 5) is 6.13. The lowest BCUT2D eigenvalue weighted by molar-refractivity contribution is 1.18.